The lowest BCUT2D eigenvalue weighted by Gasteiger charge is -2.38. The van der Waals surface area contributed by atoms with Crippen molar-refractivity contribution in [3.05, 3.63) is 30.1 Å². The zero-order chi connectivity index (χ0) is 10.7. The summed E-state index contributed by atoms with van der Waals surface area (Å²) >= 11 is 0. The predicted molar refractivity (Wildman–Crippen MR) is 62.6 cm³/mol. The fraction of sp³-hybridized carbons (Fsp3) is 0.615. The maximum atomic E-state index is 4.17. The van der Waals surface area contributed by atoms with Crippen LogP contribution in [0.3, 0.4) is 0 Å². The molecule has 2 atom stereocenters. The summed E-state index contributed by atoms with van der Waals surface area (Å²) in [6, 6.07) is 5.62. The second-order valence-corrected chi connectivity index (χ2v) is 4.66. The number of piperidine rings is 1. The Morgan fingerprint density at radius 1 is 1.33 bits per heavy atom. The summed E-state index contributed by atoms with van der Waals surface area (Å²) in [7, 11) is 0. The molecule has 1 aromatic heterocycles. The van der Waals surface area contributed by atoms with E-state index in [0.29, 0.717) is 12.1 Å². The molecule has 2 heteroatoms. The smallest absolute Gasteiger partial charge is 0.0312 e. The van der Waals surface area contributed by atoms with Crippen molar-refractivity contribution in [1.29, 1.82) is 0 Å². The van der Waals surface area contributed by atoms with Gasteiger partial charge in [-0.3, -0.25) is 9.88 Å². The summed E-state index contributed by atoms with van der Waals surface area (Å²) in [6.45, 7) is 5.73. The number of nitrogens with zero attached hydrogens (tertiary/aromatic N) is 2. The van der Waals surface area contributed by atoms with Gasteiger partial charge in [-0.05, 0) is 38.3 Å². The topological polar surface area (TPSA) is 16.1 Å². The van der Waals surface area contributed by atoms with Crippen LogP contribution in [-0.2, 0) is 6.54 Å². The van der Waals surface area contributed by atoms with E-state index in [9.17, 15) is 0 Å². The van der Waals surface area contributed by atoms with Gasteiger partial charge in [0.1, 0.15) is 0 Å². The van der Waals surface area contributed by atoms with Crippen LogP contribution < -0.4 is 0 Å². The van der Waals surface area contributed by atoms with Crippen molar-refractivity contribution in [2.75, 3.05) is 0 Å². The molecule has 1 fully saturated rings. The minimum absolute atomic E-state index is 0.717. The van der Waals surface area contributed by atoms with Crippen LogP contribution in [0.1, 0.15) is 38.7 Å². The van der Waals surface area contributed by atoms with E-state index in [2.05, 4.69) is 29.8 Å². The van der Waals surface area contributed by atoms with Crippen LogP contribution in [0.4, 0.5) is 0 Å². The monoisotopic (exact) mass is 204 g/mol. The molecule has 2 rings (SSSR count). The number of rotatable bonds is 2. The van der Waals surface area contributed by atoms with Crippen LogP contribution in [0.15, 0.2) is 24.5 Å². The van der Waals surface area contributed by atoms with E-state index in [4.69, 9.17) is 0 Å². The summed E-state index contributed by atoms with van der Waals surface area (Å²) in [6.07, 6.45) is 7.88. The molecule has 2 unspecified atom stereocenters. The van der Waals surface area contributed by atoms with E-state index in [1.165, 1.54) is 24.8 Å². The summed E-state index contributed by atoms with van der Waals surface area (Å²) in [5, 5.41) is 0. The van der Waals surface area contributed by atoms with E-state index in [1.807, 2.05) is 18.5 Å². The first-order chi connectivity index (χ1) is 7.27. The maximum Gasteiger partial charge on any atom is 0.0312 e. The minimum Gasteiger partial charge on any atom is -0.294 e. The van der Waals surface area contributed by atoms with Crippen molar-refractivity contribution >= 4 is 0 Å². The van der Waals surface area contributed by atoms with Gasteiger partial charge < -0.3 is 0 Å². The molecule has 0 aliphatic carbocycles. The van der Waals surface area contributed by atoms with Gasteiger partial charge in [0.05, 0.1) is 0 Å². The van der Waals surface area contributed by atoms with Crippen LogP contribution in [0.25, 0.3) is 0 Å². The minimum atomic E-state index is 0.717. The van der Waals surface area contributed by atoms with Gasteiger partial charge in [0, 0.05) is 31.0 Å². The van der Waals surface area contributed by atoms with Crippen molar-refractivity contribution in [2.24, 2.45) is 0 Å². The third kappa shape index (κ3) is 2.57. The van der Waals surface area contributed by atoms with Gasteiger partial charge >= 0.3 is 0 Å². The number of aromatic nitrogens is 1. The molecule has 2 heterocycles. The van der Waals surface area contributed by atoms with Crippen LogP contribution in [0, 0.1) is 0 Å². The molecule has 82 valence electrons. The summed E-state index contributed by atoms with van der Waals surface area (Å²) in [5.41, 5.74) is 1.33. The maximum absolute atomic E-state index is 4.17. The Kier molecular flexibility index (Phi) is 3.37. The fourth-order valence-electron chi connectivity index (χ4n) is 2.49. The number of likely N-dealkylation sites (tertiary alicyclic amines) is 1. The SMILES string of the molecule is CC1CCCC(C)N1Cc1cccnc1. The second-order valence-electron chi connectivity index (χ2n) is 4.66. The quantitative estimate of drug-likeness (QED) is 0.736. The van der Waals surface area contributed by atoms with Crippen LogP contribution in [-0.4, -0.2) is 22.0 Å². The number of pyridine rings is 1. The average Bonchev–Trinajstić information content (AvgIpc) is 2.25. The predicted octanol–water partition coefficient (Wildman–Crippen LogP) is 2.84. The molecule has 0 amide bonds. The highest BCUT2D eigenvalue weighted by Crippen LogP contribution is 2.24. The molecule has 1 aromatic rings. The molecular weight excluding hydrogens is 184 g/mol. The fourth-order valence-corrected chi connectivity index (χ4v) is 2.49. The van der Waals surface area contributed by atoms with Gasteiger partial charge in [0.15, 0.2) is 0 Å². The van der Waals surface area contributed by atoms with E-state index in [0.717, 1.165) is 6.54 Å². The second kappa shape index (κ2) is 4.75. The summed E-state index contributed by atoms with van der Waals surface area (Å²) in [4.78, 5) is 6.77. The lowest BCUT2D eigenvalue weighted by atomic mass is 9.97. The van der Waals surface area contributed by atoms with Crippen LogP contribution >= 0.6 is 0 Å². The molecule has 0 N–H and O–H groups in total. The van der Waals surface area contributed by atoms with Gasteiger partial charge in [-0.15, -0.1) is 0 Å². The van der Waals surface area contributed by atoms with Crippen molar-refractivity contribution in [3.8, 4) is 0 Å². The number of hydrogen-bond donors (Lipinski definition) is 0. The molecule has 0 saturated carbocycles. The van der Waals surface area contributed by atoms with Crippen molar-refractivity contribution in [1.82, 2.24) is 9.88 Å². The Bertz CT molecular complexity index is 287. The van der Waals surface area contributed by atoms with Gasteiger partial charge in [-0.2, -0.15) is 0 Å². The molecular formula is C13H20N2. The van der Waals surface area contributed by atoms with Gasteiger partial charge in [0.25, 0.3) is 0 Å². The largest absolute Gasteiger partial charge is 0.294 e. The van der Waals surface area contributed by atoms with E-state index >= 15 is 0 Å². The van der Waals surface area contributed by atoms with Crippen LogP contribution in [0.5, 0.6) is 0 Å². The van der Waals surface area contributed by atoms with Crippen LogP contribution in [0.2, 0.25) is 0 Å². The highest BCUT2D eigenvalue weighted by molar-refractivity contribution is 5.08. The summed E-state index contributed by atoms with van der Waals surface area (Å²) in [5.74, 6) is 0. The third-order valence-electron chi connectivity index (χ3n) is 3.46. The zero-order valence-electron chi connectivity index (χ0n) is 9.69. The van der Waals surface area contributed by atoms with Crippen molar-refractivity contribution in [2.45, 2.75) is 51.7 Å². The Morgan fingerprint density at radius 2 is 2.07 bits per heavy atom. The average molecular weight is 204 g/mol. The van der Waals surface area contributed by atoms with E-state index in [-0.39, 0.29) is 0 Å². The van der Waals surface area contributed by atoms with E-state index < -0.39 is 0 Å². The first-order valence-corrected chi connectivity index (χ1v) is 5.92. The molecule has 1 aliphatic rings. The molecule has 0 aromatic carbocycles. The molecule has 0 spiro atoms. The highest BCUT2D eigenvalue weighted by atomic mass is 15.2. The van der Waals surface area contributed by atoms with Gasteiger partial charge in [0.2, 0.25) is 0 Å². The number of hydrogen-bond acceptors (Lipinski definition) is 2. The molecule has 0 radical (unpaired) electrons. The normalized spacial score (nSPS) is 27.9. The zero-order valence-corrected chi connectivity index (χ0v) is 9.69. The lowest BCUT2D eigenvalue weighted by molar-refractivity contribution is 0.0952. The standard InChI is InChI=1S/C13H20N2/c1-11-5-3-6-12(2)15(11)10-13-7-4-8-14-9-13/h4,7-9,11-12H,3,5-6,10H2,1-2H3. The van der Waals surface area contributed by atoms with Gasteiger partial charge in [-0.25, -0.2) is 0 Å². The van der Waals surface area contributed by atoms with Gasteiger partial charge in [-0.1, -0.05) is 12.5 Å². The molecule has 2 nitrogen and oxygen atoms in total. The summed E-state index contributed by atoms with van der Waals surface area (Å²) < 4.78 is 0. The Balaban J connectivity index is 2.03. The van der Waals surface area contributed by atoms with Crippen molar-refractivity contribution < 1.29 is 0 Å². The molecule has 0 bridgehead atoms. The first-order valence-electron chi connectivity index (χ1n) is 5.92. The Hall–Kier alpha value is -0.890. The first kappa shape index (κ1) is 10.6. The third-order valence-corrected chi connectivity index (χ3v) is 3.46. The molecule has 1 saturated heterocycles. The lowest BCUT2D eigenvalue weighted by Crippen LogP contribution is -2.42. The highest BCUT2D eigenvalue weighted by Gasteiger charge is 2.24. The Labute approximate surface area is 92.3 Å². The molecule has 15 heavy (non-hydrogen) atoms. The van der Waals surface area contributed by atoms with E-state index in [1.54, 1.807) is 0 Å². The Morgan fingerprint density at radius 3 is 2.67 bits per heavy atom. The van der Waals surface area contributed by atoms with Crippen molar-refractivity contribution in [3.63, 3.8) is 0 Å². The molecule has 1 aliphatic heterocycles.